The summed E-state index contributed by atoms with van der Waals surface area (Å²) < 4.78 is 0. The number of hydrogen-bond donors (Lipinski definition) is 2. The second kappa shape index (κ2) is 4.34. The Morgan fingerprint density at radius 2 is 2.27 bits per heavy atom. The van der Waals surface area contributed by atoms with E-state index in [9.17, 15) is 4.79 Å². The number of hydrogen-bond acceptors (Lipinski definition) is 2. The minimum absolute atomic E-state index is 0.339. The zero-order chi connectivity index (χ0) is 10.7. The van der Waals surface area contributed by atoms with Crippen molar-refractivity contribution in [3.63, 3.8) is 0 Å². The molecule has 1 aromatic rings. The van der Waals surface area contributed by atoms with Crippen LogP contribution in [0.3, 0.4) is 0 Å². The highest BCUT2D eigenvalue weighted by molar-refractivity contribution is 5.88. The maximum absolute atomic E-state index is 10.7. The number of carboxylic acids is 1. The average Bonchev–Trinajstić information content (AvgIpc) is 3.02. The van der Waals surface area contributed by atoms with Crippen molar-refractivity contribution in [1.82, 2.24) is 0 Å². The van der Waals surface area contributed by atoms with Gasteiger partial charge < -0.3 is 10.4 Å². The van der Waals surface area contributed by atoms with Crippen LogP contribution in [0.2, 0.25) is 0 Å². The summed E-state index contributed by atoms with van der Waals surface area (Å²) in [4.78, 5) is 10.7. The molecule has 80 valence electrons. The average molecular weight is 205 g/mol. The lowest BCUT2D eigenvalue weighted by Crippen LogP contribution is -2.03. The van der Waals surface area contributed by atoms with Crippen molar-refractivity contribution in [2.75, 3.05) is 11.9 Å². The number of aromatic carboxylic acids is 1. The maximum Gasteiger partial charge on any atom is 0.335 e. The molecule has 0 aromatic heterocycles. The zero-order valence-corrected chi connectivity index (χ0v) is 8.57. The molecule has 0 atom stereocenters. The van der Waals surface area contributed by atoms with Gasteiger partial charge in [0, 0.05) is 12.2 Å². The first-order valence-electron chi connectivity index (χ1n) is 5.33. The highest BCUT2D eigenvalue weighted by Gasteiger charge is 2.20. The van der Waals surface area contributed by atoms with Crippen LogP contribution in [0.25, 0.3) is 0 Å². The van der Waals surface area contributed by atoms with E-state index in [-0.39, 0.29) is 0 Å². The number of benzene rings is 1. The molecule has 1 fully saturated rings. The lowest BCUT2D eigenvalue weighted by molar-refractivity contribution is 0.0697. The topological polar surface area (TPSA) is 49.3 Å². The lowest BCUT2D eigenvalue weighted by atomic mass is 10.2. The normalized spacial score (nSPS) is 14.9. The van der Waals surface area contributed by atoms with Crippen molar-refractivity contribution in [1.29, 1.82) is 0 Å². The van der Waals surface area contributed by atoms with Crippen molar-refractivity contribution < 1.29 is 9.90 Å². The Labute approximate surface area is 89.1 Å². The molecule has 0 radical (unpaired) electrons. The van der Waals surface area contributed by atoms with Crippen molar-refractivity contribution in [2.45, 2.75) is 19.3 Å². The summed E-state index contributed by atoms with van der Waals surface area (Å²) in [5, 5.41) is 12.1. The van der Waals surface area contributed by atoms with E-state index in [1.165, 1.54) is 19.3 Å². The van der Waals surface area contributed by atoms with Gasteiger partial charge in [0.05, 0.1) is 5.56 Å². The molecule has 0 heterocycles. The van der Waals surface area contributed by atoms with Crippen molar-refractivity contribution in [3.05, 3.63) is 29.8 Å². The molecule has 1 aliphatic rings. The van der Waals surface area contributed by atoms with Gasteiger partial charge in [-0.25, -0.2) is 4.79 Å². The Morgan fingerprint density at radius 1 is 1.47 bits per heavy atom. The Hall–Kier alpha value is -1.51. The molecular formula is C12H15NO2. The summed E-state index contributed by atoms with van der Waals surface area (Å²) >= 11 is 0. The highest BCUT2D eigenvalue weighted by Crippen LogP contribution is 2.32. The third-order valence-corrected chi connectivity index (χ3v) is 2.69. The van der Waals surface area contributed by atoms with Crippen molar-refractivity contribution in [3.8, 4) is 0 Å². The first-order chi connectivity index (χ1) is 7.25. The summed E-state index contributed by atoms with van der Waals surface area (Å²) in [5.41, 5.74) is 1.24. The van der Waals surface area contributed by atoms with Crippen LogP contribution < -0.4 is 5.32 Å². The maximum atomic E-state index is 10.7. The molecule has 2 rings (SSSR count). The minimum atomic E-state index is -0.874. The van der Waals surface area contributed by atoms with Crippen LogP contribution in [-0.2, 0) is 0 Å². The molecular weight excluding hydrogens is 190 g/mol. The smallest absolute Gasteiger partial charge is 0.335 e. The highest BCUT2D eigenvalue weighted by atomic mass is 16.4. The SMILES string of the molecule is O=C(O)c1cccc(NCCC2CC2)c1. The molecule has 0 aliphatic heterocycles. The van der Waals surface area contributed by atoms with E-state index < -0.39 is 5.97 Å². The van der Waals surface area contributed by atoms with Crippen molar-refractivity contribution in [2.24, 2.45) is 5.92 Å². The summed E-state index contributed by atoms with van der Waals surface area (Å²) in [6.07, 6.45) is 3.91. The van der Waals surface area contributed by atoms with Gasteiger partial charge in [0.2, 0.25) is 0 Å². The molecule has 0 bridgehead atoms. The Balaban J connectivity index is 1.88. The first kappa shape index (κ1) is 10.0. The number of nitrogens with one attached hydrogen (secondary N) is 1. The Morgan fingerprint density at radius 3 is 2.93 bits per heavy atom. The summed E-state index contributed by atoms with van der Waals surface area (Å²) in [7, 11) is 0. The van der Waals surface area contributed by atoms with Gasteiger partial charge in [-0.05, 0) is 30.5 Å². The molecule has 0 amide bonds. The first-order valence-corrected chi connectivity index (χ1v) is 5.33. The summed E-state index contributed by atoms with van der Waals surface area (Å²) in [6, 6.07) is 6.95. The van der Waals surface area contributed by atoms with E-state index in [0.29, 0.717) is 5.56 Å². The van der Waals surface area contributed by atoms with E-state index in [4.69, 9.17) is 5.11 Å². The van der Waals surface area contributed by atoms with Crippen LogP contribution in [-0.4, -0.2) is 17.6 Å². The summed E-state index contributed by atoms with van der Waals surface area (Å²) in [5.74, 6) is 0.0287. The third kappa shape index (κ3) is 2.98. The van der Waals surface area contributed by atoms with Crippen molar-refractivity contribution >= 4 is 11.7 Å². The number of anilines is 1. The van der Waals surface area contributed by atoms with E-state index in [2.05, 4.69) is 5.32 Å². The largest absolute Gasteiger partial charge is 0.478 e. The molecule has 2 N–H and O–H groups in total. The van der Waals surface area contributed by atoms with Crippen LogP contribution in [0.15, 0.2) is 24.3 Å². The standard InChI is InChI=1S/C12H15NO2/c14-12(15)10-2-1-3-11(8-10)13-7-6-9-4-5-9/h1-3,8-9,13H,4-7H2,(H,14,15). The minimum Gasteiger partial charge on any atom is -0.478 e. The molecule has 1 aliphatic carbocycles. The lowest BCUT2D eigenvalue weighted by Gasteiger charge is -2.06. The molecule has 1 saturated carbocycles. The van der Waals surface area contributed by atoms with Gasteiger partial charge in [-0.15, -0.1) is 0 Å². The fourth-order valence-electron chi connectivity index (χ4n) is 1.59. The molecule has 3 heteroatoms. The quantitative estimate of drug-likeness (QED) is 0.776. The molecule has 0 spiro atoms. The third-order valence-electron chi connectivity index (χ3n) is 2.69. The fourth-order valence-corrected chi connectivity index (χ4v) is 1.59. The fraction of sp³-hybridized carbons (Fsp3) is 0.417. The molecule has 3 nitrogen and oxygen atoms in total. The van der Waals surface area contributed by atoms with E-state index in [0.717, 1.165) is 18.2 Å². The molecule has 15 heavy (non-hydrogen) atoms. The Kier molecular flexibility index (Phi) is 2.90. The molecule has 0 saturated heterocycles. The Bertz CT molecular complexity index is 358. The van der Waals surface area contributed by atoms with Gasteiger partial charge in [0.15, 0.2) is 0 Å². The van der Waals surface area contributed by atoms with Crippen LogP contribution >= 0.6 is 0 Å². The van der Waals surface area contributed by atoms with Crippen LogP contribution in [0.4, 0.5) is 5.69 Å². The monoisotopic (exact) mass is 205 g/mol. The summed E-state index contributed by atoms with van der Waals surface area (Å²) in [6.45, 7) is 0.938. The zero-order valence-electron chi connectivity index (χ0n) is 8.57. The second-order valence-corrected chi connectivity index (χ2v) is 4.04. The number of carboxylic acid groups (broad SMARTS) is 1. The van der Waals surface area contributed by atoms with E-state index in [1.54, 1.807) is 18.2 Å². The predicted molar refractivity (Wildman–Crippen MR) is 59.2 cm³/mol. The van der Waals surface area contributed by atoms with Gasteiger partial charge in [-0.3, -0.25) is 0 Å². The number of carbonyl (C=O) groups is 1. The van der Waals surface area contributed by atoms with E-state index >= 15 is 0 Å². The van der Waals surface area contributed by atoms with Crippen LogP contribution in [0.5, 0.6) is 0 Å². The molecule has 1 aromatic carbocycles. The van der Waals surface area contributed by atoms with Gasteiger partial charge in [-0.1, -0.05) is 18.9 Å². The van der Waals surface area contributed by atoms with Gasteiger partial charge in [0.25, 0.3) is 0 Å². The van der Waals surface area contributed by atoms with E-state index in [1.807, 2.05) is 6.07 Å². The predicted octanol–water partition coefficient (Wildman–Crippen LogP) is 2.60. The van der Waals surface area contributed by atoms with Gasteiger partial charge >= 0.3 is 5.97 Å². The van der Waals surface area contributed by atoms with Gasteiger partial charge in [-0.2, -0.15) is 0 Å². The second-order valence-electron chi connectivity index (χ2n) is 4.04. The number of rotatable bonds is 5. The molecule has 0 unspecified atom stereocenters. The van der Waals surface area contributed by atoms with Crippen LogP contribution in [0, 0.1) is 5.92 Å². The van der Waals surface area contributed by atoms with Gasteiger partial charge in [0.1, 0.15) is 0 Å². The van der Waals surface area contributed by atoms with Crippen LogP contribution in [0.1, 0.15) is 29.6 Å².